The average molecular weight is 343 g/mol. The zero-order chi connectivity index (χ0) is 17.8. The number of amides is 2. The fourth-order valence-electron chi connectivity index (χ4n) is 2.86. The molecule has 0 aromatic rings. The molecule has 2 unspecified atom stereocenters. The van der Waals surface area contributed by atoms with Crippen LogP contribution >= 0.6 is 0 Å². The van der Waals surface area contributed by atoms with Gasteiger partial charge >= 0.3 is 6.09 Å². The average Bonchev–Trinajstić information content (AvgIpc) is 2.86. The maximum Gasteiger partial charge on any atom is 0.408 e. The SMILES string of the molecule is CN1CCC(NC(=O)OC(C)(C)C)(C(=O)NOC2CCCCO2)C1. The molecule has 8 nitrogen and oxygen atoms in total. The van der Waals surface area contributed by atoms with E-state index in [0.717, 1.165) is 19.3 Å². The Morgan fingerprint density at radius 2 is 2.04 bits per heavy atom. The van der Waals surface area contributed by atoms with Crippen LogP contribution in [0.3, 0.4) is 0 Å². The molecule has 0 aliphatic carbocycles. The molecule has 138 valence electrons. The third kappa shape index (κ3) is 5.32. The van der Waals surface area contributed by atoms with Crippen molar-refractivity contribution in [3.8, 4) is 0 Å². The molecule has 2 aliphatic heterocycles. The van der Waals surface area contributed by atoms with Crippen molar-refractivity contribution in [2.45, 2.75) is 63.9 Å². The van der Waals surface area contributed by atoms with E-state index in [1.807, 2.05) is 11.9 Å². The van der Waals surface area contributed by atoms with Gasteiger partial charge in [-0.05, 0) is 47.1 Å². The van der Waals surface area contributed by atoms with Crippen LogP contribution < -0.4 is 10.8 Å². The van der Waals surface area contributed by atoms with Crippen LogP contribution in [0.15, 0.2) is 0 Å². The smallest absolute Gasteiger partial charge is 0.408 e. The number of carbonyl (C=O) groups excluding carboxylic acids is 2. The number of likely N-dealkylation sites (N-methyl/N-ethyl adjacent to an activating group) is 1. The van der Waals surface area contributed by atoms with Crippen LogP contribution in [0, 0.1) is 0 Å². The fraction of sp³-hybridized carbons (Fsp3) is 0.875. The quantitative estimate of drug-likeness (QED) is 0.745. The lowest BCUT2D eigenvalue weighted by Gasteiger charge is -2.31. The molecular formula is C16H29N3O5. The van der Waals surface area contributed by atoms with Crippen molar-refractivity contribution >= 4 is 12.0 Å². The highest BCUT2D eigenvalue weighted by molar-refractivity contribution is 5.90. The second-order valence-corrected chi connectivity index (χ2v) is 7.54. The monoisotopic (exact) mass is 343 g/mol. The molecule has 2 aliphatic rings. The summed E-state index contributed by atoms with van der Waals surface area (Å²) in [4.78, 5) is 32.2. The van der Waals surface area contributed by atoms with E-state index < -0.39 is 23.5 Å². The van der Waals surface area contributed by atoms with Crippen LogP contribution in [0.5, 0.6) is 0 Å². The highest BCUT2D eigenvalue weighted by atomic mass is 16.8. The first kappa shape index (κ1) is 19.0. The van der Waals surface area contributed by atoms with Gasteiger partial charge in [0.2, 0.25) is 0 Å². The van der Waals surface area contributed by atoms with Crippen LogP contribution in [-0.2, 0) is 19.1 Å². The third-order valence-electron chi connectivity index (χ3n) is 4.06. The number of nitrogens with zero attached hydrogens (tertiary/aromatic N) is 1. The molecule has 0 bridgehead atoms. The molecule has 0 aromatic carbocycles. The van der Waals surface area contributed by atoms with E-state index in [-0.39, 0.29) is 5.91 Å². The number of hydrogen-bond acceptors (Lipinski definition) is 6. The molecule has 2 N–H and O–H groups in total. The standard InChI is InChI=1S/C16H29N3O5/c1-15(2,3)23-14(21)17-16(8-9-19(4)11-16)13(20)18-24-12-7-5-6-10-22-12/h12H,5-11H2,1-4H3,(H,17,21)(H,18,20). The fourth-order valence-corrected chi connectivity index (χ4v) is 2.86. The molecule has 2 saturated heterocycles. The van der Waals surface area contributed by atoms with E-state index >= 15 is 0 Å². The Balaban J connectivity index is 1.95. The van der Waals surface area contributed by atoms with Crippen LogP contribution in [0.25, 0.3) is 0 Å². The number of alkyl carbamates (subject to hydrolysis) is 1. The number of hydroxylamine groups is 1. The van der Waals surface area contributed by atoms with Gasteiger partial charge in [-0.3, -0.25) is 4.79 Å². The molecule has 0 saturated carbocycles. The lowest BCUT2D eigenvalue weighted by atomic mass is 9.98. The van der Waals surface area contributed by atoms with Crippen molar-refractivity contribution in [3.63, 3.8) is 0 Å². The summed E-state index contributed by atoms with van der Waals surface area (Å²) in [5, 5.41) is 2.73. The van der Waals surface area contributed by atoms with E-state index in [9.17, 15) is 9.59 Å². The molecule has 2 atom stereocenters. The maximum absolute atomic E-state index is 12.7. The van der Waals surface area contributed by atoms with Crippen molar-refractivity contribution in [1.82, 2.24) is 15.7 Å². The number of hydrogen-bond donors (Lipinski definition) is 2. The Kier molecular flexibility index (Phi) is 6.06. The van der Waals surface area contributed by atoms with Gasteiger partial charge < -0.3 is 19.7 Å². The first-order chi connectivity index (χ1) is 11.2. The predicted octanol–water partition coefficient (Wildman–Crippen LogP) is 1.16. The van der Waals surface area contributed by atoms with Crippen LogP contribution in [0.2, 0.25) is 0 Å². The minimum atomic E-state index is -1.06. The zero-order valence-electron chi connectivity index (χ0n) is 15.0. The van der Waals surface area contributed by atoms with E-state index in [1.54, 1.807) is 20.8 Å². The molecule has 2 heterocycles. The summed E-state index contributed by atoms with van der Waals surface area (Å²) in [7, 11) is 1.90. The lowest BCUT2D eigenvalue weighted by molar-refractivity contribution is -0.203. The van der Waals surface area contributed by atoms with Gasteiger partial charge in [0.1, 0.15) is 11.1 Å². The van der Waals surface area contributed by atoms with Gasteiger partial charge in [-0.2, -0.15) is 0 Å². The minimum Gasteiger partial charge on any atom is -0.444 e. The Morgan fingerprint density at radius 3 is 2.58 bits per heavy atom. The van der Waals surface area contributed by atoms with Crippen molar-refractivity contribution in [2.24, 2.45) is 0 Å². The third-order valence-corrected chi connectivity index (χ3v) is 4.06. The largest absolute Gasteiger partial charge is 0.444 e. The summed E-state index contributed by atoms with van der Waals surface area (Å²) in [6.07, 6.45) is 2.20. The van der Waals surface area contributed by atoms with Gasteiger partial charge in [-0.25, -0.2) is 15.1 Å². The molecule has 2 fully saturated rings. The van der Waals surface area contributed by atoms with Gasteiger partial charge in [0.05, 0.1) is 0 Å². The molecule has 0 aromatic heterocycles. The van der Waals surface area contributed by atoms with Gasteiger partial charge in [0.25, 0.3) is 5.91 Å². The second-order valence-electron chi connectivity index (χ2n) is 7.54. The van der Waals surface area contributed by atoms with E-state index in [4.69, 9.17) is 14.3 Å². The summed E-state index contributed by atoms with van der Waals surface area (Å²) in [6.45, 7) is 7.07. The molecule has 8 heteroatoms. The first-order valence-electron chi connectivity index (χ1n) is 8.48. The first-order valence-corrected chi connectivity index (χ1v) is 8.48. The number of nitrogens with one attached hydrogen (secondary N) is 2. The summed E-state index contributed by atoms with van der Waals surface area (Å²) in [6, 6.07) is 0. The van der Waals surface area contributed by atoms with Gasteiger partial charge in [0, 0.05) is 26.1 Å². The van der Waals surface area contributed by atoms with E-state index in [2.05, 4.69) is 10.8 Å². The molecular weight excluding hydrogens is 314 g/mol. The number of ether oxygens (including phenoxy) is 2. The molecule has 2 amide bonds. The summed E-state index contributed by atoms with van der Waals surface area (Å²) < 4.78 is 10.7. The maximum atomic E-state index is 12.7. The molecule has 2 rings (SSSR count). The van der Waals surface area contributed by atoms with Crippen molar-refractivity contribution < 1.29 is 23.9 Å². The summed E-state index contributed by atoms with van der Waals surface area (Å²) in [5.41, 5.74) is 0.773. The lowest BCUT2D eigenvalue weighted by Crippen LogP contribution is -2.61. The van der Waals surface area contributed by atoms with Gasteiger partial charge in [-0.1, -0.05) is 0 Å². The number of rotatable bonds is 4. The highest BCUT2D eigenvalue weighted by Crippen LogP contribution is 2.22. The summed E-state index contributed by atoms with van der Waals surface area (Å²) in [5.74, 6) is -0.383. The van der Waals surface area contributed by atoms with Gasteiger partial charge in [-0.15, -0.1) is 0 Å². The van der Waals surface area contributed by atoms with Crippen LogP contribution in [0.1, 0.15) is 46.5 Å². The Hall–Kier alpha value is -1.38. The Morgan fingerprint density at radius 1 is 1.29 bits per heavy atom. The predicted molar refractivity (Wildman–Crippen MR) is 87.0 cm³/mol. The number of carbonyl (C=O) groups is 2. The van der Waals surface area contributed by atoms with Crippen molar-refractivity contribution in [3.05, 3.63) is 0 Å². The zero-order valence-corrected chi connectivity index (χ0v) is 15.0. The van der Waals surface area contributed by atoms with Gasteiger partial charge in [0.15, 0.2) is 6.29 Å². The minimum absolute atomic E-state index is 0.383. The van der Waals surface area contributed by atoms with Crippen molar-refractivity contribution in [1.29, 1.82) is 0 Å². The normalized spacial score (nSPS) is 28.4. The Labute approximate surface area is 143 Å². The topological polar surface area (TPSA) is 89.1 Å². The molecule has 24 heavy (non-hydrogen) atoms. The van der Waals surface area contributed by atoms with Crippen LogP contribution in [0.4, 0.5) is 4.79 Å². The van der Waals surface area contributed by atoms with E-state index in [0.29, 0.717) is 26.1 Å². The molecule has 0 radical (unpaired) electrons. The van der Waals surface area contributed by atoms with Crippen molar-refractivity contribution in [2.75, 3.05) is 26.7 Å². The second kappa shape index (κ2) is 7.67. The molecule has 0 spiro atoms. The number of likely N-dealkylation sites (tertiary alicyclic amines) is 1. The summed E-state index contributed by atoms with van der Waals surface area (Å²) >= 11 is 0. The van der Waals surface area contributed by atoms with E-state index in [1.165, 1.54) is 0 Å². The highest BCUT2D eigenvalue weighted by Gasteiger charge is 2.46. The van der Waals surface area contributed by atoms with Crippen LogP contribution in [-0.4, -0.2) is 61.1 Å². The Bertz CT molecular complexity index is 459.